The number of para-hydroxylation sites is 1. The Balaban J connectivity index is 2.56. The number of hydrogen-bond donors (Lipinski definition) is 0. The van der Waals surface area contributed by atoms with Crippen LogP contribution in [0.1, 0.15) is 18.1 Å². The van der Waals surface area contributed by atoms with E-state index in [-0.39, 0.29) is 11.5 Å². The molecule has 0 fully saturated rings. The van der Waals surface area contributed by atoms with Gasteiger partial charge in [0.1, 0.15) is 0 Å². The van der Waals surface area contributed by atoms with Crippen molar-refractivity contribution in [2.45, 2.75) is 6.92 Å². The number of allylic oxidation sites excluding steroid dienone is 1. The molecule has 0 radical (unpaired) electrons. The Morgan fingerprint density at radius 1 is 1.20 bits per heavy atom. The Kier molecular flexibility index (Phi) is 4.00. The van der Waals surface area contributed by atoms with Gasteiger partial charge in [0.15, 0.2) is 5.78 Å². The summed E-state index contributed by atoms with van der Waals surface area (Å²) < 4.78 is 0. The van der Waals surface area contributed by atoms with Gasteiger partial charge in [-0.25, -0.2) is 0 Å². The van der Waals surface area contributed by atoms with E-state index < -0.39 is 4.92 Å². The number of aromatic nitrogens is 1. The highest BCUT2D eigenvalue weighted by Crippen LogP contribution is 2.24. The Morgan fingerprint density at radius 3 is 2.45 bits per heavy atom. The van der Waals surface area contributed by atoms with Crippen molar-refractivity contribution in [1.82, 2.24) is 4.98 Å². The van der Waals surface area contributed by atoms with E-state index in [4.69, 9.17) is 0 Å². The van der Waals surface area contributed by atoms with Crippen LogP contribution in [0.3, 0.4) is 0 Å². The van der Waals surface area contributed by atoms with Crippen LogP contribution in [0.4, 0.5) is 5.69 Å². The number of nitro benzene ring substituents is 1. The Labute approximate surface area is 115 Å². The molecular formula is C15H12N2O3. The van der Waals surface area contributed by atoms with Gasteiger partial charge in [-0.15, -0.1) is 0 Å². The Bertz CT molecular complexity index is 679. The number of nitro groups is 1. The topological polar surface area (TPSA) is 73.1 Å². The third-order valence-corrected chi connectivity index (χ3v) is 2.80. The largest absolute Gasteiger partial charge is 0.294 e. The van der Waals surface area contributed by atoms with Gasteiger partial charge in [-0.3, -0.25) is 19.9 Å². The van der Waals surface area contributed by atoms with Crippen molar-refractivity contribution in [3.8, 4) is 0 Å². The van der Waals surface area contributed by atoms with E-state index >= 15 is 0 Å². The zero-order valence-corrected chi connectivity index (χ0v) is 10.8. The van der Waals surface area contributed by atoms with Crippen LogP contribution in [-0.2, 0) is 4.79 Å². The maximum absolute atomic E-state index is 11.8. The lowest BCUT2D eigenvalue weighted by Crippen LogP contribution is -1.97. The fourth-order valence-electron chi connectivity index (χ4n) is 1.85. The minimum Gasteiger partial charge on any atom is -0.294 e. The van der Waals surface area contributed by atoms with E-state index in [0.29, 0.717) is 16.7 Å². The van der Waals surface area contributed by atoms with Gasteiger partial charge in [-0.2, -0.15) is 0 Å². The molecule has 0 saturated heterocycles. The maximum atomic E-state index is 11.8. The van der Waals surface area contributed by atoms with Gasteiger partial charge in [0.2, 0.25) is 0 Å². The lowest BCUT2D eigenvalue weighted by Gasteiger charge is -2.04. The fourth-order valence-corrected chi connectivity index (χ4v) is 1.85. The number of ketones is 1. The molecule has 0 N–H and O–H groups in total. The van der Waals surface area contributed by atoms with Gasteiger partial charge >= 0.3 is 0 Å². The summed E-state index contributed by atoms with van der Waals surface area (Å²) in [7, 11) is 0. The molecule has 100 valence electrons. The van der Waals surface area contributed by atoms with Crippen LogP contribution in [0.2, 0.25) is 0 Å². The maximum Gasteiger partial charge on any atom is 0.276 e. The first-order valence-corrected chi connectivity index (χ1v) is 5.96. The molecule has 20 heavy (non-hydrogen) atoms. The highest BCUT2D eigenvalue weighted by atomic mass is 16.6. The van der Waals surface area contributed by atoms with E-state index in [1.54, 1.807) is 42.7 Å². The molecule has 1 heterocycles. The number of hydrogen-bond acceptors (Lipinski definition) is 4. The second-order valence-electron chi connectivity index (χ2n) is 4.17. The minimum absolute atomic E-state index is 0.0275. The van der Waals surface area contributed by atoms with Crippen molar-refractivity contribution < 1.29 is 9.72 Å². The van der Waals surface area contributed by atoms with Gasteiger partial charge in [0.25, 0.3) is 5.69 Å². The summed E-state index contributed by atoms with van der Waals surface area (Å²) in [6.45, 7) is 1.43. The van der Waals surface area contributed by atoms with Crippen LogP contribution < -0.4 is 0 Å². The number of carbonyl (C=O) groups excluding carboxylic acids is 1. The lowest BCUT2D eigenvalue weighted by molar-refractivity contribution is -0.385. The van der Waals surface area contributed by atoms with Gasteiger partial charge in [-0.05, 0) is 36.8 Å². The summed E-state index contributed by atoms with van der Waals surface area (Å²) in [6, 6.07) is 9.71. The fraction of sp³-hybridized carbons (Fsp3) is 0.0667. The van der Waals surface area contributed by atoms with E-state index in [0.717, 1.165) is 0 Å². The first-order valence-electron chi connectivity index (χ1n) is 5.96. The predicted molar refractivity (Wildman–Crippen MR) is 75.9 cm³/mol. The van der Waals surface area contributed by atoms with Crippen molar-refractivity contribution in [3.63, 3.8) is 0 Å². The average Bonchev–Trinajstić information content (AvgIpc) is 2.45. The smallest absolute Gasteiger partial charge is 0.276 e. The zero-order valence-electron chi connectivity index (χ0n) is 10.8. The molecule has 5 nitrogen and oxygen atoms in total. The van der Waals surface area contributed by atoms with E-state index in [9.17, 15) is 14.9 Å². The molecule has 0 unspecified atom stereocenters. The number of Topliss-reactive ketones (excluding diaryl/α,β-unsaturated/α-hetero) is 1. The molecule has 0 aliphatic rings. The molecule has 0 aliphatic heterocycles. The molecule has 1 aromatic carbocycles. The summed E-state index contributed by atoms with van der Waals surface area (Å²) in [5.74, 6) is -0.158. The summed E-state index contributed by atoms with van der Waals surface area (Å²) in [4.78, 5) is 26.2. The molecular weight excluding hydrogens is 256 g/mol. The van der Waals surface area contributed by atoms with Crippen molar-refractivity contribution in [1.29, 1.82) is 0 Å². The van der Waals surface area contributed by atoms with Gasteiger partial charge in [-0.1, -0.05) is 12.1 Å². The second-order valence-corrected chi connectivity index (χ2v) is 4.17. The normalized spacial score (nSPS) is 11.2. The highest BCUT2D eigenvalue weighted by Gasteiger charge is 2.13. The van der Waals surface area contributed by atoms with E-state index in [1.807, 2.05) is 0 Å². The SMILES string of the molecule is CC(=O)C(=Cc1ccccc1[N+](=O)[O-])c1ccncc1. The molecule has 0 spiro atoms. The van der Waals surface area contributed by atoms with Gasteiger partial charge < -0.3 is 0 Å². The number of benzene rings is 1. The molecule has 5 heteroatoms. The molecule has 0 bridgehead atoms. The molecule has 2 rings (SSSR count). The molecule has 0 saturated carbocycles. The third kappa shape index (κ3) is 2.95. The van der Waals surface area contributed by atoms with Crippen LogP contribution in [-0.4, -0.2) is 15.7 Å². The summed E-state index contributed by atoms with van der Waals surface area (Å²) in [5, 5.41) is 11.0. The van der Waals surface area contributed by atoms with Crippen molar-refractivity contribution in [3.05, 3.63) is 70.0 Å². The van der Waals surface area contributed by atoms with Crippen molar-refractivity contribution in [2.75, 3.05) is 0 Å². The van der Waals surface area contributed by atoms with Crippen LogP contribution in [0.15, 0.2) is 48.8 Å². The number of pyridine rings is 1. The first kappa shape index (κ1) is 13.6. The number of carbonyl (C=O) groups is 1. The summed E-state index contributed by atoms with van der Waals surface area (Å²) in [5.41, 5.74) is 1.48. The molecule has 2 aromatic rings. The quantitative estimate of drug-likeness (QED) is 0.485. The van der Waals surface area contributed by atoms with E-state index in [2.05, 4.69) is 4.98 Å². The van der Waals surface area contributed by atoms with Gasteiger partial charge in [0.05, 0.1) is 10.5 Å². The molecule has 0 amide bonds. The number of rotatable bonds is 4. The van der Waals surface area contributed by atoms with Crippen LogP contribution in [0, 0.1) is 10.1 Å². The minimum atomic E-state index is -0.462. The molecule has 1 aromatic heterocycles. The zero-order chi connectivity index (χ0) is 14.5. The third-order valence-electron chi connectivity index (χ3n) is 2.80. The van der Waals surface area contributed by atoms with Crippen LogP contribution in [0.5, 0.6) is 0 Å². The van der Waals surface area contributed by atoms with Crippen molar-refractivity contribution in [2.24, 2.45) is 0 Å². The van der Waals surface area contributed by atoms with Crippen LogP contribution >= 0.6 is 0 Å². The first-order chi connectivity index (χ1) is 9.59. The highest BCUT2D eigenvalue weighted by molar-refractivity contribution is 6.24. The number of nitrogens with zero attached hydrogens (tertiary/aromatic N) is 2. The Hall–Kier alpha value is -2.82. The van der Waals surface area contributed by atoms with Crippen molar-refractivity contribution >= 4 is 23.1 Å². The summed E-state index contributed by atoms with van der Waals surface area (Å²) in [6.07, 6.45) is 4.69. The lowest BCUT2D eigenvalue weighted by atomic mass is 10.00. The molecule has 0 aliphatic carbocycles. The van der Waals surface area contributed by atoms with Gasteiger partial charge in [0, 0.05) is 24.0 Å². The van der Waals surface area contributed by atoms with E-state index in [1.165, 1.54) is 19.1 Å². The predicted octanol–water partition coefficient (Wildman–Crippen LogP) is 3.12. The van der Waals surface area contributed by atoms with Crippen LogP contribution in [0.25, 0.3) is 11.6 Å². The Morgan fingerprint density at radius 2 is 1.85 bits per heavy atom. The molecule has 0 atom stereocenters. The standard InChI is InChI=1S/C15H12N2O3/c1-11(18)14(12-6-8-16-9-7-12)10-13-4-2-3-5-15(13)17(19)20/h2-10H,1H3. The average molecular weight is 268 g/mol. The monoisotopic (exact) mass is 268 g/mol. The summed E-state index contributed by atoms with van der Waals surface area (Å²) >= 11 is 0. The second kappa shape index (κ2) is 5.88.